The predicted molar refractivity (Wildman–Crippen MR) is 128 cm³/mol. The first-order valence-corrected chi connectivity index (χ1v) is 11.0. The van der Waals surface area contributed by atoms with Gasteiger partial charge in [0.25, 0.3) is 5.91 Å². The molecule has 1 aliphatic carbocycles. The molecule has 0 aliphatic heterocycles. The van der Waals surface area contributed by atoms with Gasteiger partial charge in [0.1, 0.15) is 5.58 Å². The number of nitrogens with zero attached hydrogens (tertiary/aromatic N) is 1. The number of hydrogen-bond donors (Lipinski definition) is 1. The first kappa shape index (κ1) is 20.7. The van der Waals surface area contributed by atoms with Gasteiger partial charge in [0.2, 0.25) is 0 Å². The van der Waals surface area contributed by atoms with Crippen molar-refractivity contribution in [3.8, 4) is 17.2 Å². The molecule has 1 aliphatic rings. The van der Waals surface area contributed by atoms with E-state index in [0.29, 0.717) is 28.0 Å². The maximum atomic E-state index is 12.7. The highest BCUT2D eigenvalue weighted by molar-refractivity contribution is 6.04. The van der Waals surface area contributed by atoms with E-state index in [1.807, 2.05) is 42.5 Å². The molecular formula is C28H22N2O3. The molecule has 0 bridgehead atoms. The number of amides is 1. The highest BCUT2D eigenvalue weighted by Gasteiger charge is 2.35. The van der Waals surface area contributed by atoms with Crippen molar-refractivity contribution in [2.75, 3.05) is 5.32 Å². The molecule has 3 aromatic carbocycles. The fourth-order valence-corrected chi connectivity index (χ4v) is 4.58. The molecule has 4 aromatic rings. The van der Waals surface area contributed by atoms with Gasteiger partial charge in [0.15, 0.2) is 0 Å². The molecule has 1 fully saturated rings. The predicted octanol–water partition coefficient (Wildman–Crippen LogP) is 6.05. The summed E-state index contributed by atoms with van der Waals surface area (Å²) in [6.45, 7) is 0. The minimum absolute atomic E-state index is 0.240. The van der Waals surface area contributed by atoms with Crippen LogP contribution in [-0.2, 0) is 5.41 Å². The molecule has 0 saturated heterocycles. The summed E-state index contributed by atoms with van der Waals surface area (Å²) in [5, 5.41) is 13.4. The number of anilines is 1. The lowest BCUT2D eigenvalue weighted by Crippen LogP contribution is -2.19. The molecule has 162 valence electrons. The Morgan fingerprint density at radius 2 is 1.64 bits per heavy atom. The van der Waals surface area contributed by atoms with Gasteiger partial charge in [-0.05, 0) is 60.4 Å². The monoisotopic (exact) mass is 434 g/mol. The molecule has 1 amide bonds. The zero-order valence-corrected chi connectivity index (χ0v) is 18.0. The van der Waals surface area contributed by atoms with Crippen molar-refractivity contribution in [1.82, 2.24) is 0 Å². The standard InChI is InChI=1S/C28H22N2O3/c29-18-28(15-3-4-16-28)22-11-13-23(14-12-22)30-26(31)20-9-7-19(8-10-20)24-17-21-5-1-2-6-25(21)33-27(24)32/h1-2,5-14,17H,3-4,15-16H2,(H,30,31). The third-order valence-corrected chi connectivity index (χ3v) is 6.47. The van der Waals surface area contributed by atoms with Crippen molar-refractivity contribution in [1.29, 1.82) is 5.26 Å². The number of fused-ring (bicyclic) bond motifs is 1. The Morgan fingerprint density at radius 1 is 0.939 bits per heavy atom. The maximum Gasteiger partial charge on any atom is 0.344 e. The van der Waals surface area contributed by atoms with Crippen LogP contribution in [0, 0.1) is 11.3 Å². The molecule has 0 radical (unpaired) electrons. The summed E-state index contributed by atoms with van der Waals surface area (Å²) in [5.41, 5.74) is 3.05. The van der Waals surface area contributed by atoms with Crippen molar-refractivity contribution in [3.63, 3.8) is 0 Å². The third-order valence-electron chi connectivity index (χ3n) is 6.47. The summed E-state index contributed by atoms with van der Waals surface area (Å²) < 4.78 is 5.41. The summed E-state index contributed by atoms with van der Waals surface area (Å²) in [6, 6.07) is 26.1. The highest BCUT2D eigenvalue weighted by Crippen LogP contribution is 2.40. The van der Waals surface area contributed by atoms with Crippen LogP contribution in [0.4, 0.5) is 5.69 Å². The lowest BCUT2D eigenvalue weighted by atomic mass is 9.80. The van der Waals surface area contributed by atoms with Gasteiger partial charge < -0.3 is 9.73 Å². The molecule has 1 N–H and O–H groups in total. The van der Waals surface area contributed by atoms with Gasteiger partial charge in [0, 0.05) is 16.6 Å². The molecule has 5 rings (SSSR count). The van der Waals surface area contributed by atoms with Crippen LogP contribution in [0.15, 0.2) is 88.1 Å². The van der Waals surface area contributed by atoms with E-state index in [-0.39, 0.29) is 5.91 Å². The molecule has 1 saturated carbocycles. The second-order valence-electron chi connectivity index (χ2n) is 8.50. The zero-order valence-electron chi connectivity index (χ0n) is 18.0. The second kappa shape index (κ2) is 8.40. The summed E-state index contributed by atoms with van der Waals surface area (Å²) in [4.78, 5) is 25.1. The molecule has 1 heterocycles. The van der Waals surface area contributed by atoms with Crippen molar-refractivity contribution in [3.05, 3.63) is 100 Å². The van der Waals surface area contributed by atoms with E-state index in [1.165, 1.54) is 0 Å². The van der Waals surface area contributed by atoms with E-state index < -0.39 is 11.0 Å². The first-order valence-electron chi connectivity index (χ1n) is 11.0. The van der Waals surface area contributed by atoms with Crippen molar-refractivity contribution < 1.29 is 9.21 Å². The smallest absolute Gasteiger partial charge is 0.344 e. The fourth-order valence-electron chi connectivity index (χ4n) is 4.58. The molecule has 0 unspecified atom stereocenters. The number of carbonyl (C=O) groups is 1. The number of rotatable bonds is 4. The van der Waals surface area contributed by atoms with E-state index in [2.05, 4.69) is 11.4 Å². The lowest BCUT2D eigenvalue weighted by molar-refractivity contribution is 0.102. The van der Waals surface area contributed by atoms with E-state index in [0.717, 1.165) is 36.6 Å². The van der Waals surface area contributed by atoms with Crippen LogP contribution in [0.3, 0.4) is 0 Å². The number of nitriles is 1. The Kier molecular flexibility index (Phi) is 5.27. The summed E-state index contributed by atoms with van der Waals surface area (Å²) in [5.74, 6) is -0.240. The van der Waals surface area contributed by atoms with Crippen molar-refractivity contribution >= 4 is 22.6 Å². The number of benzene rings is 3. The number of hydrogen-bond acceptors (Lipinski definition) is 4. The summed E-state index contributed by atoms with van der Waals surface area (Å²) >= 11 is 0. The minimum Gasteiger partial charge on any atom is -0.422 e. The number of carbonyl (C=O) groups excluding carboxylic acids is 1. The van der Waals surface area contributed by atoms with Crippen molar-refractivity contribution in [2.45, 2.75) is 31.1 Å². The van der Waals surface area contributed by atoms with Crippen LogP contribution in [0.1, 0.15) is 41.6 Å². The Labute approximate surface area is 191 Å². The average molecular weight is 434 g/mol. The van der Waals surface area contributed by atoms with Crippen LogP contribution >= 0.6 is 0 Å². The van der Waals surface area contributed by atoms with Crippen molar-refractivity contribution in [2.24, 2.45) is 0 Å². The van der Waals surface area contributed by atoms with Crippen LogP contribution in [0.5, 0.6) is 0 Å². The molecule has 0 atom stereocenters. The van der Waals surface area contributed by atoms with Crippen LogP contribution in [0.2, 0.25) is 0 Å². The van der Waals surface area contributed by atoms with Crippen LogP contribution in [-0.4, -0.2) is 5.91 Å². The third kappa shape index (κ3) is 3.92. The van der Waals surface area contributed by atoms with E-state index in [4.69, 9.17) is 4.42 Å². The normalized spacial score (nSPS) is 14.6. The molecule has 1 aromatic heterocycles. The lowest BCUT2D eigenvalue weighted by Gasteiger charge is -2.21. The van der Waals surface area contributed by atoms with Crippen LogP contribution < -0.4 is 10.9 Å². The molecule has 0 spiro atoms. The Bertz CT molecular complexity index is 1420. The van der Waals surface area contributed by atoms with Gasteiger partial charge in [-0.15, -0.1) is 0 Å². The van der Waals surface area contributed by atoms with Gasteiger partial charge in [-0.3, -0.25) is 4.79 Å². The Hall–Kier alpha value is -4.17. The Morgan fingerprint density at radius 3 is 2.33 bits per heavy atom. The summed E-state index contributed by atoms with van der Waals surface area (Å²) in [6.07, 6.45) is 3.92. The van der Waals surface area contributed by atoms with Gasteiger partial charge in [0.05, 0.1) is 17.0 Å². The van der Waals surface area contributed by atoms with E-state index >= 15 is 0 Å². The van der Waals surface area contributed by atoms with Gasteiger partial charge in [-0.2, -0.15) is 5.26 Å². The topological polar surface area (TPSA) is 83.1 Å². The fraction of sp³-hybridized carbons (Fsp3) is 0.179. The second-order valence-corrected chi connectivity index (χ2v) is 8.50. The average Bonchev–Trinajstić information content (AvgIpc) is 3.35. The largest absolute Gasteiger partial charge is 0.422 e. The van der Waals surface area contributed by atoms with Gasteiger partial charge >= 0.3 is 5.63 Å². The van der Waals surface area contributed by atoms with Gasteiger partial charge in [-0.25, -0.2) is 4.79 Å². The zero-order chi connectivity index (χ0) is 22.8. The molecule has 5 nitrogen and oxygen atoms in total. The highest BCUT2D eigenvalue weighted by atomic mass is 16.4. The maximum absolute atomic E-state index is 12.7. The van der Waals surface area contributed by atoms with E-state index in [9.17, 15) is 14.9 Å². The van der Waals surface area contributed by atoms with Gasteiger partial charge in [-0.1, -0.05) is 55.3 Å². The number of para-hydroxylation sites is 1. The number of nitrogens with one attached hydrogen (secondary N) is 1. The first-order chi connectivity index (χ1) is 16.1. The molecular weight excluding hydrogens is 412 g/mol. The van der Waals surface area contributed by atoms with E-state index in [1.54, 1.807) is 36.4 Å². The SMILES string of the molecule is N#CC1(c2ccc(NC(=O)c3ccc(-c4cc5ccccc5oc4=O)cc3)cc2)CCCC1. The molecule has 33 heavy (non-hydrogen) atoms. The van der Waals surface area contributed by atoms with Crippen LogP contribution in [0.25, 0.3) is 22.1 Å². The molecule has 5 heteroatoms. The Balaban J connectivity index is 1.33. The quantitative estimate of drug-likeness (QED) is 0.397. The summed E-state index contributed by atoms with van der Waals surface area (Å²) in [7, 11) is 0. The minimum atomic E-state index is -0.414.